The van der Waals surface area contributed by atoms with Crippen LogP contribution < -0.4 is 9.47 Å². The predicted octanol–water partition coefficient (Wildman–Crippen LogP) is 4.77. The SMILES string of the molecule is COc1cc2cc3c(nc2cc1OC)N=C1C=CC=CN1C3c1ccccc1. The molecule has 0 radical (unpaired) electrons. The Morgan fingerprint density at radius 1 is 0.929 bits per heavy atom. The van der Waals surface area contributed by atoms with Crippen LogP contribution in [0.3, 0.4) is 0 Å². The van der Waals surface area contributed by atoms with Crippen LogP contribution in [-0.4, -0.2) is 29.9 Å². The van der Waals surface area contributed by atoms with E-state index in [1.165, 1.54) is 5.56 Å². The fourth-order valence-electron chi connectivity index (χ4n) is 3.79. The summed E-state index contributed by atoms with van der Waals surface area (Å²) in [6.07, 6.45) is 8.11. The summed E-state index contributed by atoms with van der Waals surface area (Å²) in [4.78, 5) is 11.9. The molecule has 3 heterocycles. The van der Waals surface area contributed by atoms with E-state index in [4.69, 9.17) is 19.5 Å². The van der Waals surface area contributed by atoms with E-state index in [-0.39, 0.29) is 6.04 Å². The summed E-state index contributed by atoms with van der Waals surface area (Å²) in [7, 11) is 3.27. The molecule has 0 spiro atoms. The van der Waals surface area contributed by atoms with Crippen LogP contribution in [0.15, 0.2) is 78.0 Å². The van der Waals surface area contributed by atoms with E-state index >= 15 is 0 Å². The molecule has 5 nitrogen and oxygen atoms in total. The second kappa shape index (κ2) is 6.53. The number of aromatic nitrogens is 1. The molecule has 1 aromatic heterocycles. The topological polar surface area (TPSA) is 47.0 Å². The number of pyridine rings is 1. The zero-order chi connectivity index (χ0) is 19.1. The van der Waals surface area contributed by atoms with Crippen LogP contribution in [0.1, 0.15) is 17.2 Å². The van der Waals surface area contributed by atoms with Crippen LogP contribution in [-0.2, 0) is 0 Å². The van der Waals surface area contributed by atoms with Gasteiger partial charge in [0.15, 0.2) is 17.3 Å². The van der Waals surface area contributed by atoms with Gasteiger partial charge in [-0.15, -0.1) is 0 Å². The maximum Gasteiger partial charge on any atom is 0.162 e. The molecule has 1 unspecified atom stereocenters. The Labute approximate surface area is 163 Å². The number of fused-ring (bicyclic) bond motifs is 3. The van der Waals surface area contributed by atoms with Gasteiger partial charge in [0.25, 0.3) is 0 Å². The van der Waals surface area contributed by atoms with Crippen LogP contribution >= 0.6 is 0 Å². The quantitative estimate of drug-likeness (QED) is 0.667. The molecule has 0 aliphatic carbocycles. The normalized spacial score (nSPS) is 17.1. The van der Waals surface area contributed by atoms with Crippen molar-refractivity contribution in [2.45, 2.75) is 6.04 Å². The molecule has 28 heavy (non-hydrogen) atoms. The number of benzene rings is 2. The fraction of sp³-hybridized carbons (Fsp3) is 0.130. The number of hydrogen-bond donors (Lipinski definition) is 0. The first-order valence-electron chi connectivity index (χ1n) is 9.12. The van der Waals surface area contributed by atoms with Gasteiger partial charge in [0.1, 0.15) is 5.84 Å². The van der Waals surface area contributed by atoms with E-state index in [0.717, 1.165) is 28.1 Å². The first-order valence-corrected chi connectivity index (χ1v) is 9.12. The second-order valence-corrected chi connectivity index (χ2v) is 6.69. The molecule has 5 rings (SSSR count). The Morgan fingerprint density at radius 3 is 2.50 bits per heavy atom. The lowest BCUT2D eigenvalue weighted by atomic mass is 9.94. The van der Waals surface area contributed by atoms with Crippen molar-refractivity contribution in [1.29, 1.82) is 0 Å². The molecule has 5 heteroatoms. The highest BCUT2D eigenvalue weighted by molar-refractivity contribution is 5.99. The molecular weight excluding hydrogens is 350 g/mol. The molecule has 1 atom stereocenters. The van der Waals surface area contributed by atoms with Gasteiger partial charge in [-0.25, -0.2) is 9.98 Å². The lowest BCUT2D eigenvalue weighted by molar-refractivity contribution is 0.356. The highest BCUT2D eigenvalue weighted by Crippen LogP contribution is 2.42. The fourth-order valence-corrected chi connectivity index (χ4v) is 3.79. The number of aliphatic imine (C=N–C) groups is 1. The number of nitrogens with zero attached hydrogens (tertiary/aromatic N) is 3. The van der Waals surface area contributed by atoms with Gasteiger partial charge < -0.3 is 14.4 Å². The van der Waals surface area contributed by atoms with Crippen molar-refractivity contribution in [1.82, 2.24) is 9.88 Å². The summed E-state index contributed by atoms with van der Waals surface area (Å²) in [6, 6.07) is 16.5. The van der Waals surface area contributed by atoms with Crippen molar-refractivity contribution in [3.05, 3.63) is 84.1 Å². The predicted molar refractivity (Wildman–Crippen MR) is 110 cm³/mol. The van der Waals surface area contributed by atoms with Crippen LogP contribution in [0.4, 0.5) is 5.82 Å². The molecule has 2 aromatic carbocycles. The Bertz CT molecular complexity index is 1150. The van der Waals surface area contributed by atoms with Crippen molar-refractivity contribution in [3.8, 4) is 11.5 Å². The van der Waals surface area contributed by atoms with Crippen LogP contribution in [0.5, 0.6) is 11.5 Å². The van der Waals surface area contributed by atoms with Crippen molar-refractivity contribution >= 4 is 22.6 Å². The smallest absolute Gasteiger partial charge is 0.162 e. The molecule has 3 aromatic rings. The van der Waals surface area contributed by atoms with Crippen molar-refractivity contribution in [2.75, 3.05) is 14.2 Å². The highest BCUT2D eigenvalue weighted by Gasteiger charge is 2.31. The number of amidine groups is 1. The number of ether oxygens (including phenoxy) is 2. The Morgan fingerprint density at radius 2 is 1.71 bits per heavy atom. The molecular formula is C23H19N3O2. The van der Waals surface area contributed by atoms with Gasteiger partial charge in [0.2, 0.25) is 0 Å². The number of hydrogen-bond acceptors (Lipinski definition) is 5. The summed E-state index contributed by atoms with van der Waals surface area (Å²) in [5.74, 6) is 2.97. The minimum Gasteiger partial charge on any atom is -0.493 e. The maximum absolute atomic E-state index is 5.47. The van der Waals surface area contributed by atoms with Crippen LogP contribution in [0.25, 0.3) is 10.9 Å². The molecule has 0 fully saturated rings. The minimum atomic E-state index is 0.00916. The van der Waals surface area contributed by atoms with E-state index in [1.807, 2.05) is 36.4 Å². The van der Waals surface area contributed by atoms with E-state index in [1.54, 1.807) is 14.2 Å². The van der Waals surface area contributed by atoms with Gasteiger partial charge in [-0.3, -0.25) is 0 Å². The van der Waals surface area contributed by atoms with Crippen molar-refractivity contribution in [3.63, 3.8) is 0 Å². The van der Waals surface area contributed by atoms with Crippen LogP contribution in [0.2, 0.25) is 0 Å². The van der Waals surface area contributed by atoms with Gasteiger partial charge in [-0.2, -0.15) is 0 Å². The Kier molecular flexibility index (Phi) is 3.86. The van der Waals surface area contributed by atoms with Crippen molar-refractivity contribution in [2.24, 2.45) is 4.99 Å². The van der Waals surface area contributed by atoms with E-state index in [2.05, 4.69) is 41.4 Å². The standard InChI is InChI=1S/C23H19N3O2/c1-27-19-13-16-12-17-22(15-8-4-3-5-9-15)26-11-7-6-10-21(26)25-23(17)24-18(16)14-20(19)28-2/h3-14,22H,1-2H3. The highest BCUT2D eigenvalue weighted by atomic mass is 16.5. The molecule has 2 aliphatic rings. The first-order chi connectivity index (χ1) is 13.8. The zero-order valence-electron chi connectivity index (χ0n) is 15.7. The van der Waals surface area contributed by atoms with Crippen LogP contribution in [0, 0.1) is 0 Å². The largest absolute Gasteiger partial charge is 0.493 e. The Balaban J connectivity index is 1.77. The number of methoxy groups -OCH3 is 2. The maximum atomic E-state index is 5.47. The lowest BCUT2D eigenvalue weighted by Gasteiger charge is -2.36. The molecule has 0 N–H and O–H groups in total. The molecule has 2 aliphatic heterocycles. The van der Waals surface area contributed by atoms with E-state index in [9.17, 15) is 0 Å². The monoisotopic (exact) mass is 369 g/mol. The van der Waals surface area contributed by atoms with Gasteiger partial charge >= 0.3 is 0 Å². The van der Waals surface area contributed by atoms with Crippen molar-refractivity contribution < 1.29 is 9.47 Å². The number of rotatable bonds is 3. The third-order valence-corrected chi connectivity index (χ3v) is 5.10. The molecule has 138 valence electrons. The Hall–Kier alpha value is -3.60. The third-order valence-electron chi connectivity index (χ3n) is 5.10. The van der Waals surface area contributed by atoms with Gasteiger partial charge in [-0.05, 0) is 29.8 Å². The van der Waals surface area contributed by atoms with Gasteiger partial charge in [-0.1, -0.05) is 36.4 Å². The summed E-state index contributed by atoms with van der Waals surface area (Å²) in [6.45, 7) is 0. The summed E-state index contributed by atoms with van der Waals surface area (Å²) in [5, 5.41) is 0.993. The first kappa shape index (κ1) is 16.6. The summed E-state index contributed by atoms with van der Waals surface area (Å²) >= 11 is 0. The number of allylic oxidation sites excluding steroid dienone is 2. The van der Waals surface area contributed by atoms with E-state index < -0.39 is 0 Å². The zero-order valence-corrected chi connectivity index (χ0v) is 15.7. The molecule has 0 bridgehead atoms. The molecule has 0 saturated heterocycles. The lowest BCUT2D eigenvalue weighted by Crippen LogP contribution is -2.33. The second-order valence-electron chi connectivity index (χ2n) is 6.69. The minimum absolute atomic E-state index is 0.00916. The average Bonchev–Trinajstić information content (AvgIpc) is 2.75. The average molecular weight is 369 g/mol. The summed E-state index contributed by atoms with van der Waals surface area (Å²) in [5.41, 5.74) is 3.09. The molecule has 0 saturated carbocycles. The van der Waals surface area contributed by atoms with E-state index in [0.29, 0.717) is 11.5 Å². The van der Waals surface area contributed by atoms with Gasteiger partial charge in [0, 0.05) is 23.2 Å². The van der Waals surface area contributed by atoms with Gasteiger partial charge in [0.05, 0.1) is 25.8 Å². The molecule has 0 amide bonds. The third kappa shape index (κ3) is 2.55. The summed E-state index contributed by atoms with van der Waals surface area (Å²) < 4.78 is 10.9.